The van der Waals surface area contributed by atoms with E-state index in [0.717, 1.165) is 4.90 Å². The van der Waals surface area contributed by atoms with Crippen LogP contribution in [0.3, 0.4) is 0 Å². The maximum absolute atomic E-state index is 8.46. The molecule has 0 bridgehead atoms. The fraction of sp³-hybridized carbons (Fsp3) is 0.143. The van der Waals surface area contributed by atoms with E-state index < -0.39 is 0 Å². The van der Waals surface area contributed by atoms with E-state index in [9.17, 15) is 0 Å². The van der Waals surface area contributed by atoms with Crippen molar-refractivity contribution in [2.24, 2.45) is 5.11 Å². The number of hydrogen-bond donors (Lipinski definition) is 0. The van der Waals surface area contributed by atoms with Gasteiger partial charge in [0, 0.05) is 4.90 Å². The summed E-state index contributed by atoms with van der Waals surface area (Å²) in [6.45, 7) is 0. The zero-order chi connectivity index (χ0) is 7.40. The van der Waals surface area contributed by atoms with Gasteiger partial charge in [0.05, 0.1) is 0 Å². The summed E-state index contributed by atoms with van der Waals surface area (Å²) in [6, 6.07) is 7.45. The van der Waals surface area contributed by atoms with Crippen molar-refractivity contribution in [1.82, 2.24) is 5.53 Å². The molecule has 0 fully saturated rings. The molecule has 0 unspecified atom stereocenters. The zero-order valence-electron chi connectivity index (χ0n) is 5.61. The van der Waals surface area contributed by atoms with Crippen LogP contribution in [-0.2, 0) is 0 Å². The number of thioether (sulfide) groups is 1. The number of hydrogen-bond acceptors (Lipinski definition) is 2. The third-order valence-electron chi connectivity index (χ3n) is 1.19. The molecule has 0 heterocycles. The molecule has 0 spiro atoms. The van der Waals surface area contributed by atoms with Gasteiger partial charge in [0.2, 0.25) is 0 Å². The summed E-state index contributed by atoms with van der Waals surface area (Å²) in [6.07, 6.45) is 1.95. The highest BCUT2D eigenvalue weighted by Crippen LogP contribution is 2.26. The summed E-state index contributed by atoms with van der Waals surface area (Å²) in [5.74, 6) is 0. The van der Waals surface area contributed by atoms with Crippen molar-refractivity contribution < 1.29 is 0 Å². The number of nitrogens with zero attached hydrogens (tertiary/aromatic N) is 2. The number of benzene rings is 1. The lowest BCUT2D eigenvalue weighted by Gasteiger charge is -1.96. The number of rotatable bonds is 2. The lowest BCUT2D eigenvalue weighted by molar-refractivity contribution is 1.24. The van der Waals surface area contributed by atoms with E-state index in [2.05, 4.69) is 5.11 Å². The molecule has 0 amide bonds. The second kappa shape index (κ2) is 3.37. The van der Waals surface area contributed by atoms with Gasteiger partial charge in [-0.1, -0.05) is 12.1 Å². The molecule has 1 aromatic carbocycles. The average molecular weight is 151 g/mol. The van der Waals surface area contributed by atoms with E-state index in [1.807, 2.05) is 24.5 Å². The Hall–Kier alpha value is -0.830. The first-order chi connectivity index (χ1) is 4.88. The normalized spacial score (nSPS) is 9.30. The van der Waals surface area contributed by atoms with Crippen molar-refractivity contribution >= 4 is 17.4 Å². The van der Waals surface area contributed by atoms with E-state index in [0.29, 0.717) is 5.69 Å². The lowest BCUT2D eigenvalue weighted by Crippen LogP contribution is -1.69. The molecule has 51 valence electrons. The molecule has 2 nitrogen and oxygen atoms in total. The quantitative estimate of drug-likeness (QED) is 0.471. The van der Waals surface area contributed by atoms with Crippen molar-refractivity contribution in [3.05, 3.63) is 24.3 Å². The van der Waals surface area contributed by atoms with Gasteiger partial charge in [-0.15, -0.1) is 16.9 Å². The third-order valence-corrected chi connectivity index (χ3v) is 1.98. The molecule has 10 heavy (non-hydrogen) atoms. The van der Waals surface area contributed by atoms with Gasteiger partial charge in [0.1, 0.15) is 5.69 Å². The summed E-state index contributed by atoms with van der Waals surface area (Å²) in [7, 11) is 0. The highest BCUT2D eigenvalue weighted by atomic mass is 32.2. The van der Waals surface area contributed by atoms with Gasteiger partial charge in [-0.3, -0.25) is 0 Å². The molecule has 0 aliphatic heterocycles. The topological polar surface area (TPSA) is 34.7 Å². The largest absolute Gasteiger partial charge is 0.128 e. The average Bonchev–Trinajstić information content (AvgIpc) is 2.04. The van der Waals surface area contributed by atoms with Crippen LogP contribution in [0.5, 0.6) is 0 Å². The van der Waals surface area contributed by atoms with Gasteiger partial charge in [-0.05, 0) is 23.9 Å². The van der Waals surface area contributed by atoms with E-state index in [1.165, 1.54) is 0 Å². The highest BCUT2D eigenvalue weighted by molar-refractivity contribution is 7.98. The predicted molar refractivity (Wildman–Crippen MR) is 42.4 cm³/mol. The Morgan fingerprint density at radius 1 is 1.40 bits per heavy atom. The van der Waals surface area contributed by atoms with Crippen molar-refractivity contribution in [2.45, 2.75) is 4.90 Å². The standard InChI is InChI=1S/C7H7N2S/c1-10-7-5-3-2-4-6(7)9-8/h2-5H,1H3. The minimum absolute atomic E-state index is 0.634. The summed E-state index contributed by atoms with van der Waals surface area (Å²) in [4.78, 5) is 0.991. The Morgan fingerprint density at radius 3 is 2.60 bits per heavy atom. The Bertz CT molecular complexity index is 235. The maximum Gasteiger partial charge on any atom is 0.101 e. The van der Waals surface area contributed by atoms with Gasteiger partial charge >= 0.3 is 0 Å². The first-order valence-electron chi connectivity index (χ1n) is 2.86. The van der Waals surface area contributed by atoms with Crippen LogP contribution in [0.25, 0.3) is 0 Å². The van der Waals surface area contributed by atoms with Gasteiger partial charge in [0.25, 0.3) is 0 Å². The van der Waals surface area contributed by atoms with Crippen LogP contribution in [0.1, 0.15) is 0 Å². The van der Waals surface area contributed by atoms with E-state index in [-0.39, 0.29) is 0 Å². The van der Waals surface area contributed by atoms with Crippen molar-refractivity contribution in [3.8, 4) is 0 Å². The molecule has 0 aliphatic carbocycles. The van der Waals surface area contributed by atoms with Crippen LogP contribution < -0.4 is 5.53 Å². The fourth-order valence-electron chi connectivity index (χ4n) is 0.712. The second-order valence-electron chi connectivity index (χ2n) is 1.77. The summed E-state index contributed by atoms with van der Waals surface area (Å²) in [5.41, 5.74) is 9.10. The Balaban J connectivity index is 3.08. The first kappa shape index (κ1) is 7.28. The van der Waals surface area contributed by atoms with Crippen molar-refractivity contribution in [3.63, 3.8) is 0 Å². The van der Waals surface area contributed by atoms with Crippen LogP contribution in [0.15, 0.2) is 34.3 Å². The molecular weight excluding hydrogens is 144 g/mol. The molecule has 0 atom stereocenters. The Kier molecular flexibility index (Phi) is 2.45. The molecule has 1 rings (SSSR count). The molecule has 3 heteroatoms. The second-order valence-corrected chi connectivity index (χ2v) is 2.62. The van der Waals surface area contributed by atoms with E-state index in [1.54, 1.807) is 17.8 Å². The third kappa shape index (κ3) is 1.36. The van der Waals surface area contributed by atoms with Gasteiger partial charge in [0.15, 0.2) is 0 Å². The van der Waals surface area contributed by atoms with Gasteiger partial charge in [-0.25, -0.2) is 0 Å². The lowest BCUT2D eigenvalue weighted by atomic mass is 10.3. The molecular formula is C7H7N2S. The van der Waals surface area contributed by atoms with E-state index in [4.69, 9.17) is 5.53 Å². The van der Waals surface area contributed by atoms with Crippen LogP contribution in [0.4, 0.5) is 5.69 Å². The van der Waals surface area contributed by atoms with Crippen molar-refractivity contribution in [1.29, 1.82) is 0 Å². The van der Waals surface area contributed by atoms with Gasteiger partial charge < -0.3 is 0 Å². The van der Waals surface area contributed by atoms with Crippen LogP contribution in [0.2, 0.25) is 0 Å². The minimum atomic E-state index is 0.634. The molecule has 1 aromatic rings. The molecule has 0 N–H and O–H groups in total. The molecule has 0 aromatic heterocycles. The highest BCUT2D eigenvalue weighted by Gasteiger charge is 1.95. The maximum atomic E-state index is 8.46. The summed E-state index contributed by atoms with van der Waals surface area (Å²) < 4.78 is 0. The Labute approximate surface area is 64.2 Å². The minimum Gasteiger partial charge on any atom is -0.128 e. The van der Waals surface area contributed by atoms with Crippen molar-refractivity contribution in [2.75, 3.05) is 6.26 Å². The summed E-state index contributed by atoms with van der Waals surface area (Å²) >= 11 is 1.57. The predicted octanol–water partition coefficient (Wildman–Crippen LogP) is 2.29. The van der Waals surface area contributed by atoms with E-state index >= 15 is 0 Å². The fourth-order valence-corrected chi connectivity index (χ4v) is 1.25. The first-order valence-corrected chi connectivity index (χ1v) is 4.09. The molecule has 0 saturated heterocycles. The monoisotopic (exact) mass is 151 g/mol. The summed E-state index contributed by atoms with van der Waals surface area (Å²) in [5, 5.41) is 3.12. The molecule has 1 radical (unpaired) electrons. The molecule has 0 aliphatic rings. The molecule has 0 saturated carbocycles. The van der Waals surface area contributed by atoms with Crippen LogP contribution in [0, 0.1) is 0 Å². The Morgan fingerprint density at radius 2 is 2.10 bits per heavy atom. The SMILES string of the molecule is CSc1ccccc1N=[N]. The van der Waals surface area contributed by atoms with Crippen LogP contribution >= 0.6 is 11.8 Å². The zero-order valence-corrected chi connectivity index (χ0v) is 6.43. The van der Waals surface area contributed by atoms with Gasteiger partial charge in [-0.2, -0.15) is 0 Å². The van der Waals surface area contributed by atoms with Crippen LogP contribution in [-0.4, -0.2) is 6.26 Å². The smallest absolute Gasteiger partial charge is 0.101 e.